The summed E-state index contributed by atoms with van der Waals surface area (Å²) in [4.78, 5) is 6.22. The second kappa shape index (κ2) is 9.64. The standard InChI is InChI=1S/C25H23F3IN5O2S/c1-15-3-8-20(37(35,36)25(26,27)28)9-21(15)22-12-32-33-14-18(11-31-24(22)33)17-4-6-19(7-5-17)34-16(2)10-30-13-23(34)29/h3-9,11-12,14,16,23,30H,10,13H2,1-2H3/p+1/t16-,23-/m1/s1. The van der Waals surface area contributed by atoms with Crippen LogP contribution in [0.5, 0.6) is 0 Å². The molecule has 194 valence electrons. The van der Waals surface area contributed by atoms with Gasteiger partial charge in [-0.2, -0.15) is 9.65 Å². The van der Waals surface area contributed by atoms with Gasteiger partial charge in [0.25, 0.3) is 0 Å². The molecule has 0 saturated carbocycles. The van der Waals surface area contributed by atoms with Crippen LogP contribution in [0.3, 0.4) is 0 Å². The Bertz CT molecular complexity index is 1500. The van der Waals surface area contributed by atoms with E-state index in [2.05, 4.69) is 61.9 Å². The summed E-state index contributed by atoms with van der Waals surface area (Å²) in [5, 5.41) is 7.78. The van der Waals surface area contributed by atoms with E-state index in [0.717, 1.165) is 42.0 Å². The number of hydrogen-bond donors (Lipinski definition) is 2. The lowest BCUT2D eigenvalue weighted by atomic mass is 10.0. The zero-order valence-electron chi connectivity index (χ0n) is 19.9. The fourth-order valence-corrected chi connectivity index (χ4v) is 6.52. The molecule has 2 N–H and O–H groups in total. The van der Waals surface area contributed by atoms with Crippen LogP contribution < -0.4 is 10.2 Å². The number of hydrogen-bond acceptors (Lipinski definition) is 5. The Morgan fingerprint density at radius 1 is 1.08 bits per heavy atom. The monoisotopic (exact) mass is 642 g/mol. The van der Waals surface area contributed by atoms with Crippen molar-refractivity contribution in [2.24, 2.45) is 0 Å². The zero-order chi connectivity index (χ0) is 26.5. The Hall–Kier alpha value is -2.55. The van der Waals surface area contributed by atoms with Crippen LogP contribution >= 0.6 is 22.6 Å². The molecule has 0 spiro atoms. The maximum Gasteiger partial charge on any atom is 0.614 e. The number of alkyl halides is 4. The quantitative estimate of drug-likeness (QED) is 0.127. The van der Waals surface area contributed by atoms with Crippen LogP contribution in [0.25, 0.3) is 27.9 Å². The minimum absolute atomic E-state index is 0.352. The van der Waals surface area contributed by atoms with Crippen LogP contribution in [0.1, 0.15) is 12.5 Å². The maximum absolute atomic E-state index is 13.2. The van der Waals surface area contributed by atoms with E-state index in [1.807, 2.05) is 12.1 Å². The number of rotatable bonds is 4. The third kappa shape index (κ3) is 4.75. The largest absolute Gasteiger partial charge is 0.614 e. The van der Waals surface area contributed by atoms with Crippen molar-refractivity contribution in [3.63, 3.8) is 0 Å². The predicted octanol–water partition coefficient (Wildman–Crippen LogP) is 5.78. The number of nitrogens with zero attached hydrogens (tertiary/aromatic N) is 4. The highest BCUT2D eigenvalue weighted by Gasteiger charge is 2.60. The molecule has 3 heterocycles. The smallest absolute Gasteiger partial charge is 0.354 e. The summed E-state index contributed by atoms with van der Waals surface area (Å²) >= 11 is 2.44. The van der Waals surface area contributed by atoms with Gasteiger partial charge < -0.3 is 10.2 Å². The highest BCUT2D eigenvalue weighted by molar-refractivity contribution is 14.1. The first-order chi connectivity index (χ1) is 17.5. The van der Waals surface area contributed by atoms with Crippen LogP contribution in [0, 0.1) is 6.92 Å². The Labute approximate surface area is 226 Å². The van der Waals surface area contributed by atoms with Gasteiger partial charge in [-0.15, -0.1) is 13.2 Å². The van der Waals surface area contributed by atoms with Gasteiger partial charge in [-0.25, -0.2) is 9.50 Å². The van der Waals surface area contributed by atoms with Gasteiger partial charge in [-0.05, 0) is 48.7 Å². The van der Waals surface area contributed by atoms with Gasteiger partial charge in [-0.3, -0.25) is 0 Å². The Morgan fingerprint density at radius 3 is 2.49 bits per heavy atom. The predicted molar refractivity (Wildman–Crippen MR) is 146 cm³/mol. The molecule has 0 bridgehead atoms. The molecule has 12 heteroatoms. The number of aromatic nitrogens is 3. The SMILES string of the molecule is Cc1ccc([S+](=O)(O)C(F)(F)F)cc1-c1cnn2cc(-c3ccc(N4[C@H](C)CNC[C@@H]4I)cc3)cnc12. The number of piperazine rings is 1. The van der Waals surface area contributed by atoms with Gasteiger partial charge in [0.15, 0.2) is 5.65 Å². The summed E-state index contributed by atoms with van der Waals surface area (Å²) in [6.07, 6.45) is 4.99. The first-order valence-electron chi connectivity index (χ1n) is 11.5. The van der Waals surface area contributed by atoms with Crippen LogP contribution in [-0.2, 0) is 14.4 Å². The summed E-state index contributed by atoms with van der Waals surface area (Å²) in [7, 11) is -5.23. The van der Waals surface area contributed by atoms with E-state index in [1.165, 1.54) is 12.3 Å². The lowest BCUT2D eigenvalue weighted by Gasteiger charge is -2.40. The van der Waals surface area contributed by atoms with Crippen molar-refractivity contribution in [2.45, 2.75) is 34.3 Å². The number of anilines is 1. The summed E-state index contributed by atoms with van der Waals surface area (Å²) in [5.74, 6) is 0. The highest BCUT2D eigenvalue weighted by Crippen LogP contribution is 2.38. The fraction of sp³-hybridized carbons (Fsp3) is 0.280. The Morgan fingerprint density at radius 2 is 1.81 bits per heavy atom. The fourth-order valence-electron chi connectivity index (χ4n) is 4.54. The summed E-state index contributed by atoms with van der Waals surface area (Å²) in [5.41, 5.74) is -0.458. The molecule has 4 aromatic rings. The normalized spacial score (nSPS) is 20.2. The zero-order valence-corrected chi connectivity index (χ0v) is 22.9. The average Bonchev–Trinajstić information content (AvgIpc) is 3.27. The summed E-state index contributed by atoms with van der Waals surface area (Å²) in [6.45, 7) is 5.75. The number of benzene rings is 2. The molecule has 0 amide bonds. The summed E-state index contributed by atoms with van der Waals surface area (Å²) < 4.78 is 63.2. The maximum atomic E-state index is 13.2. The van der Waals surface area contributed by atoms with E-state index in [4.69, 9.17) is 0 Å². The molecule has 37 heavy (non-hydrogen) atoms. The van der Waals surface area contributed by atoms with E-state index in [0.29, 0.717) is 32.4 Å². The van der Waals surface area contributed by atoms with Crippen LogP contribution in [-0.4, -0.2) is 47.8 Å². The lowest BCUT2D eigenvalue weighted by molar-refractivity contribution is -0.0498. The van der Waals surface area contributed by atoms with Crippen molar-refractivity contribution < 1.29 is 21.9 Å². The first kappa shape index (κ1) is 26.1. The average molecular weight is 642 g/mol. The second-order valence-corrected chi connectivity index (χ2v) is 12.4. The van der Waals surface area contributed by atoms with Crippen LogP contribution in [0.15, 0.2) is 66.0 Å². The van der Waals surface area contributed by atoms with Crippen molar-refractivity contribution >= 4 is 44.1 Å². The molecule has 5 rings (SSSR count). The van der Waals surface area contributed by atoms with E-state index in [1.54, 1.807) is 23.8 Å². The Kier molecular flexibility index (Phi) is 6.79. The van der Waals surface area contributed by atoms with E-state index in [-0.39, 0.29) is 0 Å². The molecule has 2 aromatic heterocycles. The molecule has 1 fully saturated rings. The summed E-state index contributed by atoms with van der Waals surface area (Å²) in [6, 6.07) is 12.1. The first-order valence-corrected chi connectivity index (χ1v) is 14.2. The van der Waals surface area contributed by atoms with Crippen molar-refractivity contribution in [1.29, 1.82) is 0 Å². The molecular formula is C25H24F3IN5O2S+. The van der Waals surface area contributed by atoms with Gasteiger partial charge in [0.05, 0.1) is 10.2 Å². The van der Waals surface area contributed by atoms with E-state index >= 15 is 0 Å². The number of aryl methyl sites for hydroxylation is 1. The Balaban J connectivity index is 1.48. The number of fused-ring (bicyclic) bond motifs is 1. The molecule has 7 nitrogen and oxygen atoms in total. The van der Waals surface area contributed by atoms with E-state index in [9.17, 15) is 21.9 Å². The lowest BCUT2D eigenvalue weighted by Crippen LogP contribution is -2.54. The third-order valence-corrected chi connectivity index (χ3v) is 9.08. The molecule has 1 aliphatic heterocycles. The second-order valence-electron chi connectivity index (χ2n) is 9.01. The van der Waals surface area contributed by atoms with Gasteiger partial charge in [0, 0.05) is 54.4 Å². The minimum atomic E-state index is -5.27. The van der Waals surface area contributed by atoms with Gasteiger partial charge in [0.2, 0.25) is 4.90 Å². The molecular weight excluding hydrogens is 618 g/mol. The third-order valence-electron chi connectivity index (χ3n) is 6.52. The number of nitrogens with one attached hydrogen (secondary N) is 1. The van der Waals surface area contributed by atoms with Gasteiger partial charge in [0.1, 0.15) is 0 Å². The van der Waals surface area contributed by atoms with Crippen molar-refractivity contribution in [2.75, 3.05) is 18.0 Å². The van der Waals surface area contributed by atoms with Crippen molar-refractivity contribution in [3.05, 3.63) is 66.6 Å². The molecule has 3 atom stereocenters. The van der Waals surface area contributed by atoms with E-state index < -0.39 is 20.6 Å². The van der Waals surface area contributed by atoms with Crippen molar-refractivity contribution in [1.82, 2.24) is 19.9 Å². The van der Waals surface area contributed by atoms with Gasteiger partial charge >= 0.3 is 15.7 Å². The topological polar surface area (TPSA) is 82.8 Å². The molecule has 2 aromatic carbocycles. The van der Waals surface area contributed by atoms with Crippen LogP contribution in [0.4, 0.5) is 18.9 Å². The highest BCUT2D eigenvalue weighted by atomic mass is 127. The van der Waals surface area contributed by atoms with Crippen molar-refractivity contribution in [3.8, 4) is 22.3 Å². The molecule has 1 saturated heterocycles. The molecule has 0 aliphatic carbocycles. The molecule has 1 aliphatic rings. The van der Waals surface area contributed by atoms with Crippen LogP contribution in [0.2, 0.25) is 0 Å². The van der Waals surface area contributed by atoms with Gasteiger partial charge in [-0.1, -0.05) is 45.0 Å². The molecule has 1 unspecified atom stereocenters. The minimum Gasteiger partial charge on any atom is -0.354 e. The molecule has 0 radical (unpaired) electrons. The number of halogens is 4.